The van der Waals surface area contributed by atoms with E-state index in [0.717, 1.165) is 61.2 Å². The second kappa shape index (κ2) is 9.55. The van der Waals surface area contributed by atoms with Crippen molar-refractivity contribution in [1.29, 1.82) is 0 Å². The third-order valence-corrected chi connectivity index (χ3v) is 6.07. The van der Waals surface area contributed by atoms with Gasteiger partial charge in [-0.05, 0) is 36.7 Å². The minimum Gasteiger partial charge on any atom is -0.497 e. The lowest BCUT2D eigenvalue weighted by Gasteiger charge is -2.35. The monoisotopic (exact) mass is 429 g/mol. The van der Waals surface area contributed by atoms with Gasteiger partial charge in [0, 0.05) is 57.8 Å². The van der Waals surface area contributed by atoms with Crippen LogP contribution in [0.2, 0.25) is 0 Å². The smallest absolute Gasteiger partial charge is 0.223 e. The van der Waals surface area contributed by atoms with Crippen LogP contribution in [-0.4, -0.2) is 78.5 Å². The fourth-order valence-electron chi connectivity index (χ4n) is 4.21. The van der Waals surface area contributed by atoms with Gasteiger partial charge in [0.25, 0.3) is 0 Å². The lowest BCUT2D eigenvalue weighted by Crippen LogP contribution is -2.49. The molecule has 0 radical (unpaired) electrons. The number of aromatic nitrogens is 2. The van der Waals surface area contributed by atoms with Gasteiger partial charge in [-0.25, -0.2) is 4.63 Å². The van der Waals surface area contributed by atoms with Gasteiger partial charge in [-0.3, -0.25) is 9.69 Å². The molecule has 2 aliphatic heterocycles. The summed E-state index contributed by atoms with van der Waals surface area (Å²) in [5.41, 5.74) is 1.89. The molecule has 1 atom stereocenters. The first-order chi connectivity index (χ1) is 15.1. The number of piperazine rings is 1. The first-order valence-electron chi connectivity index (χ1n) is 10.9. The lowest BCUT2D eigenvalue weighted by atomic mass is 10.1. The summed E-state index contributed by atoms with van der Waals surface area (Å²) >= 11 is 0. The average molecular weight is 430 g/mol. The van der Waals surface area contributed by atoms with Crippen molar-refractivity contribution >= 4 is 11.7 Å². The van der Waals surface area contributed by atoms with Crippen LogP contribution in [0.5, 0.6) is 11.5 Å². The topological polar surface area (TPSA) is 84.2 Å². The summed E-state index contributed by atoms with van der Waals surface area (Å²) in [5.74, 6) is 2.70. The van der Waals surface area contributed by atoms with Crippen LogP contribution in [0.4, 0.5) is 5.82 Å². The summed E-state index contributed by atoms with van der Waals surface area (Å²) in [5, 5.41) is 7.81. The van der Waals surface area contributed by atoms with E-state index in [0.29, 0.717) is 26.1 Å². The lowest BCUT2D eigenvalue weighted by molar-refractivity contribution is -0.131. The fourth-order valence-corrected chi connectivity index (χ4v) is 4.21. The molecular weight excluding hydrogens is 398 g/mol. The zero-order valence-corrected chi connectivity index (χ0v) is 18.5. The van der Waals surface area contributed by atoms with Crippen molar-refractivity contribution in [3.63, 3.8) is 0 Å². The number of hydrogen-bond donors (Lipinski definition) is 0. The zero-order chi connectivity index (χ0) is 21.8. The Bertz CT molecular complexity index is 894. The molecule has 1 fully saturated rings. The number of rotatable bonds is 6. The third-order valence-electron chi connectivity index (χ3n) is 6.07. The van der Waals surface area contributed by atoms with Crippen molar-refractivity contribution in [3.8, 4) is 11.5 Å². The van der Waals surface area contributed by atoms with Gasteiger partial charge in [0.05, 0.1) is 7.11 Å². The largest absolute Gasteiger partial charge is 0.497 e. The van der Waals surface area contributed by atoms with Gasteiger partial charge >= 0.3 is 0 Å². The second-order valence-corrected chi connectivity index (χ2v) is 8.15. The molecule has 2 aromatic rings. The molecule has 4 rings (SSSR count). The van der Waals surface area contributed by atoms with Crippen LogP contribution in [0.15, 0.2) is 22.8 Å². The summed E-state index contributed by atoms with van der Waals surface area (Å²) in [6, 6.07) is 5.94. The Morgan fingerprint density at radius 3 is 2.71 bits per heavy atom. The summed E-state index contributed by atoms with van der Waals surface area (Å²) in [6.45, 7) is 9.14. The number of benzene rings is 1. The summed E-state index contributed by atoms with van der Waals surface area (Å²) < 4.78 is 16.4. The van der Waals surface area contributed by atoms with Gasteiger partial charge in [-0.1, -0.05) is 12.1 Å². The Morgan fingerprint density at radius 2 is 2.03 bits per heavy atom. The number of carbonyl (C=O) groups is 1. The van der Waals surface area contributed by atoms with E-state index in [1.807, 2.05) is 30.0 Å². The standard InChI is InChI=1S/C22H31N5O4/c1-4-18-15-25(14-17-13-19(29-3)5-6-20(17)30-18)8-7-21(28)26-9-11-27(12-10-26)22-16(2)23-31-24-22/h5-6,13,18H,4,7-12,14-15H2,1-3H3/t18-/m1/s1. The highest BCUT2D eigenvalue weighted by atomic mass is 16.6. The number of aryl methyl sites for hydroxylation is 1. The highest BCUT2D eigenvalue weighted by molar-refractivity contribution is 5.76. The minimum atomic E-state index is 0.118. The Labute approximate surface area is 182 Å². The molecule has 0 saturated carbocycles. The van der Waals surface area contributed by atoms with Crippen LogP contribution >= 0.6 is 0 Å². The van der Waals surface area contributed by atoms with Crippen LogP contribution in [0.1, 0.15) is 31.0 Å². The van der Waals surface area contributed by atoms with Gasteiger partial charge in [0.15, 0.2) is 5.82 Å². The van der Waals surface area contributed by atoms with Gasteiger partial charge in [0.1, 0.15) is 23.3 Å². The molecule has 9 nitrogen and oxygen atoms in total. The van der Waals surface area contributed by atoms with Crippen molar-refractivity contribution in [3.05, 3.63) is 29.5 Å². The molecule has 1 aromatic carbocycles. The quantitative estimate of drug-likeness (QED) is 0.690. The molecule has 2 aliphatic rings. The number of ether oxygens (including phenoxy) is 2. The fraction of sp³-hybridized carbons (Fsp3) is 0.591. The van der Waals surface area contributed by atoms with E-state index in [4.69, 9.17) is 14.1 Å². The van der Waals surface area contributed by atoms with E-state index in [2.05, 4.69) is 27.0 Å². The van der Waals surface area contributed by atoms with E-state index < -0.39 is 0 Å². The molecule has 31 heavy (non-hydrogen) atoms. The molecule has 1 saturated heterocycles. The molecule has 0 spiro atoms. The van der Waals surface area contributed by atoms with E-state index >= 15 is 0 Å². The molecule has 1 amide bonds. The highest BCUT2D eigenvalue weighted by Gasteiger charge is 2.26. The molecular formula is C22H31N5O4. The van der Waals surface area contributed by atoms with Gasteiger partial charge in [-0.15, -0.1) is 0 Å². The minimum absolute atomic E-state index is 0.118. The number of anilines is 1. The number of nitrogens with zero attached hydrogens (tertiary/aromatic N) is 5. The van der Waals surface area contributed by atoms with E-state index in [-0.39, 0.29) is 12.0 Å². The van der Waals surface area contributed by atoms with Crippen LogP contribution in [0.3, 0.4) is 0 Å². The molecule has 0 unspecified atom stereocenters. The van der Waals surface area contributed by atoms with Crippen LogP contribution < -0.4 is 14.4 Å². The number of carbonyl (C=O) groups excluding carboxylic acids is 1. The predicted octanol–water partition coefficient (Wildman–Crippen LogP) is 2.10. The normalized spacial score (nSPS) is 19.5. The van der Waals surface area contributed by atoms with Crippen molar-refractivity contribution in [2.75, 3.05) is 51.3 Å². The Morgan fingerprint density at radius 1 is 1.23 bits per heavy atom. The molecule has 1 aromatic heterocycles. The van der Waals surface area contributed by atoms with E-state index in [1.165, 1.54) is 0 Å². The molecule has 0 bridgehead atoms. The molecule has 3 heterocycles. The van der Waals surface area contributed by atoms with Crippen molar-refractivity contribution < 1.29 is 18.9 Å². The Hall–Kier alpha value is -2.81. The van der Waals surface area contributed by atoms with E-state index in [9.17, 15) is 4.79 Å². The molecule has 9 heteroatoms. The zero-order valence-electron chi connectivity index (χ0n) is 18.5. The average Bonchev–Trinajstić information content (AvgIpc) is 3.14. The van der Waals surface area contributed by atoms with Crippen LogP contribution in [0, 0.1) is 6.92 Å². The Kier molecular flexibility index (Phi) is 6.60. The van der Waals surface area contributed by atoms with E-state index in [1.54, 1.807) is 7.11 Å². The maximum Gasteiger partial charge on any atom is 0.223 e. The Balaban J connectivity index is 1.32. The number of fused-ring (bicyclic) bond motifs is 1. The van der Waals surface area contributed by atoms with Crippen molar-refractivity contribution in [2.24, 2.45) is 0 Å². The first kappa shape index (κ1) is 21.4. The second-order valence-electron chi connectivity index (χ2n) is 8.15. The maximum atomic E-state index is 12.9. The third kappa shape index (κ3) is 4.92. The predicted molar refractivity (Wildman–Crippen MR) is 115 cm³/mol. The number of methoxy groups -OCH3 is 1. The summed E-state index contributed by atoms with van der Waals surface area (Å²) in [7, 11) is 1.67. The van der Waals surface area contributed by atoms with Gasteiger partial charge in [-0.2, -0.15) is 0 Å². The highest BCUT2D eigenvalue weighted by Crippen LogP contribution is 2.29. The van der Waals surface area contributed by atoms with Gasteiger partial charge < -0.3 is 19.3 Å². The summed E-state index contributed by atoms with van der Waals surface area (Å²) in [4.78, 5) is 19.3. The molecule has 0 aliphatic carbocycles. The van der Waals surface area contributed by atoms with Crippen molar-refractivity contribution in [1.82, 2.24) is 20.1 Å². The van der Waals surface area contributed by atoms with Crippen molar-refractivity contribution in [2.45, 2.75) is 39.3 Å². The number of hydrogen-bond acceptors (Lipinski definition) is 8. The first-order valence-corrected chi connectivity index (χ1v) is 10.9. The number of amides is 1. The maximum absolute atomic E-state index is 12.9. The summed E-state index contributed by atoms with van der Waals surface area (Å²) in [6.07, 6.45) is 1.54. The SMILES string of the molecule is CC[C@@H]1CN(CCC(=O)N2CCN(c3nonc3C)CC2)Cc2cc(OC)ccc2O1. The molecule has 168 valence electrons. The molecule has 0 N–H and O–H groups in total. The van der Waals surface area contributed by atoms with Gasteiger partial charge in [0.2, 0.25) is 5.91 Å². The van der Waals surface area contributed by atoms with Crippen LogP contribution in [0.25, 0.3) is 0 Å². The van der Waals surface area contributed by atoms with Crippen LogP contribution in [-0.2, 0) is 11.3 Å².